The summed E-state index contributed by atoms with van der Waals surface area (Å²) >= 11 is 0. The fraction of sp³-hybridized carbons (Fsp3) is 0.765. The van der Waals surface area contributed by atoms with E-state index < -0.39 is 0 Å². The molecule has 0 spiro atoms. The van der Waals surface area contributed by atoms with Crippen LogP contribution >= 0.6 is 0 Å². The maximum absolute atomic E-state index is 5.90. The Bertz CT molecular complexity index is 427. The van der Waals surface area contributed by atoms with Gasteiger partial charge in [0.25, 0.3) is 0 Å². The standard InChI is InChI=1S/C17H30N2O/c1-13-15(10-18-17(2,3)4)9-16(20-13)12-19(5)11-14-7-6-8-14/h9,14,18H,6-8,10-12H2,1-5H3. The monoisotopic (exact) mass is 278 g/mol. The maximum atomic E-state index is 5.90. The molecule has 1 heterocycles. The number of nitrogens with one attached hydrogen (secondary N) is 1. The highest BCUT2D eigenvalue weighted by Crippen LogP contribution is 2.27. The fourth-order valence-electron chi connectivity index (χ4n) is 2.65. The predicted octanol–water partition coefficient (Wildman–Crippen LogP) is 3.71. The van der Waals surface area contributed by atoms with Crippen LogP contribution in [0, 0.1) is 12.8 Å². The first-order valence-electron chi connectivity index (χ1n) is 7.85. The molecular formula is C17H30N2O. The Kier molecular flexibility index (Phi) is 4.92. The largest absolute Gasteiger partial charge is 0.465 e. The van der Waals surface area contributed by atoms with Crippen molar-refractivity contribution in [1.29, 1.82) is 0 Å². The van der Waals surface area contributed by atoms with Gasteiger partial charge in [0.05, 0.1) is 6.54 Å². The lowest BCUT2D eigenvalue weighted by atomic mass is 9.85. The smallest absolute Gasteiger partial charge is 0.118 e. The van der Waals surface area contributed by atoms with Crippen molar-refractivity contribution < 1.29 is 4.42 Å². The molecule has 20 heavy (non-hydrogen) atoms. The van der Waals surface area contributed by atoms with Gasteiger partial charge in [-0.1, -0.05) is 6.42 Å². The van der Waals surface area contributed by atoms with Crippen molar-refractivity contribution in [2.24, 2.45) is 5.92 Å². The third kappa shape index (κ3) is 4.64. The number of hydrogen-bond donors (Lipinski definition) is 1. The summed E-state index contributed by atoms with van der Waals surface area (Å²) in [4.78, 5) is 2.39. The predicted molar refractivity (Wildman–Crippen MR) is 83.7 cm³/mol. The average Bonchev–Trinajstić information content (AvgIpc) is 2.60. The maximum Gasteiger partial charge on any atom is 0.118 e. The van der Waals surface area contributed by atoms with Crippen LogP contribution in [0.5, 0.6) is 0 Å². The van der Waals surface area contributed by atoms with E-state index in [1.54, 1.807) is 0 Å². The first-order valence-corrected chi connectivity index (χ1v) is 7.85. The average molecular weight is 278 g/mol. The second kappa shape index (κ2) is 6.31. The van der Waals surface area contributed by atoms with Crippen LogP contribution in [0.25, 0.3) is 0 Å². The van der Waals surface area contributed by atoms with Crippen molar-refractivity contribution in [2.75, 3.05) is 13.6 Å². The summed E-state index contributed by atoms with van der Waals surface area (Å²) < 4.78 is 5.90. The summed E-state index contributed by atoms with van der Waals surface area (Å²) in [6.07, 6.45) is 4.23. The van der Waals surface area contributed by atoms with Gasteiger partial charge in [-0.2, -0.15) is 0 Å². The second-order valence-corrected chi connectivity index (χ2v) is 7.39. The summed E-state index contributed by atoms with van der Waals surface area (Å²) in [5.74, 6) is 3.06. The third-order valence-electron chi connectivity index (χ3n) is 4.10. The molecule has 114 valence electrons. The van der Waals surface area contributed by atoms with Crippen LogP contribution in [-0.4, -0.2) is 24.0 Å². The number of aryl methyl sites for hydroxylation is 1. The SMILES string of the molecule is Cc1oc(CN(C)CC2CCC2)cc1CNC(C)(C)C. The van der Waals surface area contributed by atoms with E-state index in [4.69, 9.17) is 4.42 Å². The van der Waals surface area contributed by atoms with Gasteiger partial charge in [0.15, 0.2) is 0 Å². The topological polar surface area (TPSA) is 28.4 Å². The molecule has 0 amide bonds. The molecule has 1 N–H and O–H groups in total. The van der Waals surface area contributed by atoms with Gasteiger partial charge in [-0.15, -0.1) is 0 Å². The molecule has 0 saturated heterocycles. The van der Waals surface area contributed by atoms with Crippen LogP contribution in [0.15, 0.2) is 10.5 Å². The van der Waals surface area contributed by atoms with E-state index in [9.17, 15) is 0 Å². The van der Waals surface area contributed by atoms with Gasteiger partial charge in [-0.25, -0.2) is 0 Å². The van der Waals surface area contributed by atoms with Crippen molar-refractivity contribution in [3.8, 4) is 0 Å². The molecule has 0 unspecified atom stereocenters. The zero-order valence-corrected chi connectivity index (χ0v) is 13.8. The van der Waals surface area contributed by atoms with Gasteiger partial charge in [0.2, 0.25) is 0 Å². The molecule has 0 aliphatic heterocycles. The third-order valence-corrected chi connectivity index (χ3v) is 4.10. The lowest BCUT2D eigenvalue weighted by molar-refractivity contribution is 0.190. The van der Waals surface area contributed by atoms with Crippen molar-refractivity contribution in [3.05, 3.63) is 23.2 Å². The van der Waals surface area contributed by atoms with Crippen LogP contribution in [-0.2, 0) is 13.1 Å². The summed E-state index contributed by atoms with van der Waals surface area (Å²) in [7, 11) is 2.20. The lowest BCUT2D eigenvalue weighted by Gasteiger charge is -2.29. The van der Waals surface area contributed by atoms with Crippen LogP contribution in [0.2, 0.25) is 0 Å². The number of rotatable bonds is 6. The van der Waals surface area contributed by atoms with Crippen molar-refractivity contribution >= 4 is 0 Å². The minimum absolute atomic E-state index is 0.144. The molecule has 1 aromatic heterocycles. The van der Waals surface area contributed by atoms with Crippen molar-refractivity contribution in [2.45, 2.75) is 65.6 Å². The number of hydrogen-bond acceptors (Lipinski definition) is 3. The summed E-state index contributed by atoms with van der Waals surface area (Å²) in [6, 6.07) is 2.21. The normalized spacial score (nSPS) is 16.7. The minimum atomic E-state index is 0.144. The molecule has 1 aromatic rings. The summed E-state index contributed by atoms with van der Waals surface area (Å²) in [5.41, 5.74) is 1.43. The van der Waals surface area contributed by atoms with E-state index in [0.717, 1.165) is 30.5 Å². The van der Waals surface area contributed by atoms with E-state index in [0.29, 0.717) is 0 Å². The van der Waals surface area contributed by atoms with Crippen LogP contribution in [0.1, 0.15) is 57.1 Å². The van der Waals surface area contributed by atoms with Gasteiger partial charge in [-0.3, -0.25) is 4.90 Å². The van der Waals surface area contributed by atoms with Crippen LogP contribution < -0.4 is 5.32 Å². The Morgan fingerprint density at radius 2 is 2.05 bits per heavy atom. The highest BCUT2D eigenvalue weighted by Gasteiger charge is 2.20. The highest BCUT2D eigenvalue weighted by molar-refractivity contribution is 5.21. The molecule has 0 bridgehead atoms. The van der Waals surface area contributed by atoms with E-state index in [1.807, 2.05) is 0 Å². The van der Waals surface area contributed by atoms with Gasteiger partial charge in [-0.05, 0) is 59.6 Å². The molecule has 1 aliphatic carbocycles. The van der Waals surface area contributed by atoms with Gasteiger partial charge < -0.3 is 9.73 Å². The molecule has 1 fully saturated rings. The first-order chi connectivity index (χ1) is 9.33. The molecule has 3 heteroatoms. The Hall–Kier alpha value is -0.800. The van der Waals surface area contributed by atoms with Crippen molar-refractivity contribution in [1.82, 2.24) is 10.2 Å². The van der Waals surface area contributed by atoms with Crippen LogP contribution in [0.3, 0.4) is 0 Å². The zero-order valence-electron chi connectivity index (χ0n) is 13.8. The van der Waals surface area contributed by atoms with E-state index >= 15 is 0 Å². The summed E-state index contributed by atoms with van der Waals surface area (Å²) in [6.45, 7) is 11.6. The van der Waals surface area contributed by atoms with E-state index in [1.165, 1.54) is 31.4 Å². The Morgan fingerprint density at radius 3 is 2.60 bits per heavy atom. The molecule has 1 aliphatic rings. The lowest BCUT2D eigenvalue weighted by Crippen LogP contribution is -2.35. The molecule has 0 aromatic carbocycles. The zero-order chi connectivity index (χ0) is 14.8. The number of furan rings is 1. The van der Waals surface area contributed by atoms with E-state index in [2.05, 4.69) is 51.0 Å². The minimum Gasteiger partial charge on any atom is -0.465 e. The molecular weight excluding hydrogens is 248 g/mol. The van der Waals surface area contributed by atoms with E-state index in [-0.39, 0.29) is 5.54 Å². The molecule has 2 rings (SSSR count). The van der Waals surface area contributed by atoms with Gasteiger partial charge in [0.1, 0.15) is 11.5 Å². The summed E-state index contributed by atoms with van der Waals surface area (Å²) in [5, 5.41) is 3.52. The van der Waals surface area contributed by atoms with Gasteiger partial charge >= 0.3 is 0 Å². The van der Waals surface area contributed by atoms with Gasteiger partial charge in [0, 0.05) is 24.2 Å². The molecule has 1 saturated carbocycles. The Balaban J connectivity index is 1.85. The molecule has 0 radical (unpaired) electrons. The second-order valence-electron chi connectivity index (χ2n) is 7.39. The molecule has 3 nitrogen and oxygen atoms in total. The highest BCUT2D eigenvalue weighted by atomic mass is 16.3. The first kappa shape index (κ1) is 15.6. The van der Waals surface area contributed by atoms with Crippen LogP contribution in [0.4, 0.5) is 0 Å². The molecule has 0 atom stereocenters. The van der Waals surface area contributed by atoms with Crippen molar-refractivity contribution in [3.63, 3.8) is 0 Å². The fourth-order valence-corrected chi connectivity index (χ4v) is 2.65. The quantitative estimate of drug-likeness (QED) is 0.860. The Morgan fingerprint density at radius 1 is 1.35 bits per heavy atom. The Labute approximate surface area is 123 Å². The number of nitrogens with zero attached hydrogens (tertiary/aromatic N) is 1.